The molecule has 54 valence electrons. The second kappa shape index (κ2) is 2.65. The molecule has 3 unspecified atom stereocenters. The molecule has 1 fully saturated rings. The number of hydrogen-bond acceptors (Lipinski definition) is 1. The van der Waals surface area contributed by atoms with Crippen LogP contribution in [0.25, 0.3) is 0 Å². The Bertz CT molecular complexity index is 94.9. The molecule has 3 atom stereocenters. The van der Waals surface area contributed by atoms with Gasteiger partial charge >= 0.3 is 0 Å². The number of alkyl halides is 1. The molecule has 0 N–H and O–H groups in total. The topological polar surface area (TPSA) is 9.23 Å². The first-order valence-corrected chi connectivity index (χ1v) is 3.41. The highest BCUT2D eigenvalue weighted by atomic mass is 19.1. The Labute approximate surface area is 55.2 Å². The Hall–Kier alpha value is -0.110. The van der Waals surface area contributed by atoms with Gasteiger partial charge in [0.1, 0.15) is 6.17 Å². The lowest BCUT2D eigenvalue weighted by Crippen LogP contribution is -2.16. The summed E-state index contributed by atoms with van der Waals surface area (Å²) in [5.41, 5.74) is 0. The summed E-state index contributed by atoms with van der Waals surface area (Å²) in [6.45, 7) is 2.06. The van der Waals surface area contributed by atoms with Crippen molar-refractivity contribution in [2.75, 3.05) is 7.11 Å². The minimum atomic E-state index is -0.718. The first kappa shape index (κ1) is 7.00. The van der Waals surface area contributed by atoms with Gasteiger partial charge < -0.3 is 4.74 Å². The van der Waals surface area contributed by atoms with Crippen LogP contribution in [0.4, 0.5) is 4.39 Å². The lowest BCUT2D eigenvalue weighted by Gasteiger charge is -2.08. The van der Waals surface area contributed by atoms with Crippen LogP contribution in [-0.4, -0.2) is 19.4 Å². The largest absolute Gasteiger partial charge is 0.378 e. The van der Waals surface area contributed by atoms with E-state index in [-0.39, 0.29) is 6.10 Å². The van der Waals surface area contributed by atoms with Crippen molar-refractivity contribution in [3.63, 3.8) is 0 Å². The van der Waals surface area contributed by atoms with E-state index in [1.165, 1.54) is 0 Å². The van der Waals surface area contributed by atoms with Crippen LogP contribution in [0, 0.1) is 5.92 Å². The molecule has 0 aromatic carbocycles. The van der Waals surface area contributed by atoms with Gasteiger partial charge in [-0.3, -0.25) is 0 Å². The van der Waals surface area contributed by atoms with E-state index < -0.39 is 6.17 Å². The summed E-state index contributed by atoms with van der Waals surface area (Å²) in [6, 6.07) is 0. The molecule has 0 bridgehead atoms. The zero-order valence-corrected chi connectivity index (χ0v) is 5.93. The Morgan fingerprint density at radius 2 is 2.11 bits per heavy atom. The van der Waals surface area contributed by atoms with Crippen LogP contribution in [0.15, 0.2) is 0 Å². The van der Waals surface area contributed by atoms with Crippen molar-refractivity contribution >= 4 is 0 Å². The van der Waals surface area contributed by atoms with Gasteiger partial charge in [-0.2, -0.15) is 0 Å². The van der Waals surface area contributed by atoms with E-state index in [1.54, 1.807) is 7.11 Å². The SMILES string of the molecule is COC1CC(C)CC1F. The van der Waals surface area contributed by atoms with Gasteiger partial charge in [0.05, 0.1) is 6.10 Å². The van der Waals surface area contributed by atoms with Gasteiger partial charge in [0.25, 0.3) is 0 Å². The summed E-state index contributed by atoms with van der Waals surface area (Å²) in [5, 5.41) is 0. The average Bonchev–Trinajstić information content (AvgIpc) is 2.10. The molecule has 0 aliphatic heterocycles. The van der Waals surface area contributed by atoms with Crippen LogP contribution in [0.5, 0.6) is 0 Å². The number of ether oxygens (including phenoxy) is 1. The Morgan fingerprint density at radius 1 is 1.44 bits per heavy atom. The first-order valence-electron chi connectivity index (χ1n) is 3.41. The van der Waals surface area contributed by atoms with E-state index in [0.29, 0.717) is 12.3 Å². The van der Waals surface area contributed by atoms with Gasteiger partial charge in [-0.15, -0.1) is 0 Å². The summed E-state index contributed by atoms with van der Waals surface area (Å²) in [4.78, 5) is 0. The fourth-order valence-electron chi connectivity index (χ4n) is 1.42. The molecule has 9 heavy (non-hydrogen) atoms. The quantitative estimate of drug-likeness (QED) is 0.528. The van der Waals surface area contributed by atoms with Crippen molar-refractivity contribution in [1.29, 1.82) is 0 Å². The lowest BCUT2D eigenvalue weighted by atomic mass is 10.1. The lowest BCUT2D eigenvalue weighted by molar-refractivity contribution is 0.0522. The summed E-state index contributed by atoms with van der Waals surface area (Å²) in [5.74, 6) is 0.505. The summed E-state index contributed by atoms with van der Waals surface area (Å²) < 4.78 is 17.6. The molecule has 0 heterocycles. The van der Waals surface area contributed by atoms with Crippen LogP contribution in [0.1, 0.15) is 19.8 Å². The van der Waals surface area contributed by atoms with Crippen LogP contribution in [0.2, 0.25) is 0 Å². The molecule has 1 aliphatic carbocycles. The first-order chi connectivity index (χ1) is 4.24. The molecule has 0 spiro atoms. The smallest absolute Gasteiger partial charge is 0.126 e. The third-order valence-corrected chi connectivity index (χ3v) is 1.97. The van der Waals surface area contributed by atoms with E-state index in [1.807, 2.05) is 0 Å². The van der Waals surface area contributed by atoms with Gasteiger partial charge in [0.15, 0.2) is 0 Å². The highest BCUT2D eigenvalue weighted by molar-refractivity contribution is 4.81. The molecule has 0 amide bonds. The molecule has 2 heteroatoms. The van der Waals surface area contributed by atoms with Crippen LogP contribution in [-0.2, 0) is 4.74 Å². The molecule has 1 saturated carbocycles. The second-order valence-corrected chi connectivity index (χ2v) is 2.87. The van der Waals surface area contributed by atoms with Gasteiger partial charge in [-0.05, 0) is 18.8 Å². The third kappa shape index (κ3) is 1.42. The van der Waals surface area contributed by atoms with E-state index in [0.717, 1.165) is 6.42 Å². The average molecular weight is 132 g/mol. The maximum atomic E-state index is 12.7. The van der Waals surface area contributed by atoms with E-state index in [2.05, 4.69) is 6.92 Å². The van der Waals surface area contributed by atoms with E-state index in [4.69, 9.17) is 4.74 Å². The molecular weight excluding hydrogens is 119 g/mol. The molecule has 0 aromatic rings. The molecule has 1 nitrogen and oxygen atoms in total. The summed E-state index contributed by atoms with van der Waals surface area (Å²) in [6.07, 6.45) is 0.723. The van der Waals surface area contributed by atoms with Crippen molar-refractivity contribution < 1.29 is 9.13 Å². The second-order valence-electron chi connectivity index (χ2n) is 2.87. The number of rotatable bonds is 1. The summed E-state index contributed by atoms with van der Waals surface area (Å²) in [7, 11) is 1.58. The van der Waals surface area contributed by atoms with Crippen LogP contribution < -0.4 is 0 Å². The maximum absolute atomic E-state index is 12.7. The number of hydrogen-bond donors (Lipinski definition) is 0. The van der Waals surface area contributed by atoms with E-state index in [9.17, 15) is 4.39 Å². The Kier molecular flexibility index (Phi) is 2.06. The Morgan fingerprint density at radius 3 is 2.33 bits per heavy atom. The molecular formula is C7H13FO. The fraction of sp³-hybridized carbons (Fsp3) is 1.00. The molecule has 0 saturated heterocycles. The zero-order chi connectivity index (χ0) is 6.85. The van der Waals surface area contributed by atoms with E-state index >= 15 is 0 Å². The van der Waals surface area contributed by atoms with Crippen molar-refractivity contribution in [2.24, 2.45) is 5.92 Å². The monoisotopic (exact) mass is 132 g/mol. The van der Waals surface area contributed by atoms with Crippen LogP contribution in [0.3, 0.4) is 0 Å². The molecule has 1 rings (SSSR count). The van der Waals surface area contributed by atoms with Crippen molar-refractivity contribution in [3.05, 3.63) is 0 Å². The van der Waals surface area contributed by atoms with Gasteiger partial charge in [-0.1, -0.05) is 6.92 Å². The molecule has 1 aliphatic rings. The maximum Gasteiger partial charge on any atom is 0.126 e. The number of methoxy groups -OCH3 is 1. The highest BCUT2D eigenvalue weighted by Gasteiger charge is 2.31. The minimum absolute atomic E-state index is 0.125. The standard InChI is InChI=1S/C7H13FO/c1-5-3-6(8)7(4-5)9-2/h5-7H,3-4H2,1-2H3. The molecule has 0 aromatic heterocycles. The predicted octanol–water partition coefficient (Wildman–Crippen LogP) is 1.77. The van der Waals surface area contributed by atoms with Gasteiger partial charge in [0.2, 0.25) is 0 Å². The van der Waals surface area contributed by atoms with Crippen molar-refractivity contribution in [3.8, 4) is 0 Å². The van der Waals surface area contributed by atoms with Gasteiger partial charge in [0, 0.05) is 7.11 Å². The minimum Gasteiger partial charge on any atom is -0.378 e. The normalized spacial score (nSPS) is 43.7. The zero-order valence-electron chi connectivity index (χ0n) is 5.93. The molecule has 0 radical (unpaired) electrons. The Balaban J connectivity index is 2.38. The van der Waals surface area contributed by atoms with Crippen LogP contribution >= 0.6 is 0 Å². The van der Waals surface area contributed by atoms with Gasteiger partial charge in [-0.25, -0.2) is 4.39 Å². The number of halogens is 1. The fourth-order valence-corrected chi connectivity index (χ4v) is 1.42. The van der Waals surface area contributed by atoms with Crippen molar-refractivity contribution in [2.45, 2.75) is 32.0 Å². The predicted molar refractivity (Wildman–Crippen MR) is 34.1 cm³/mol. The van der Waals surface area contributed by atoms with Crippen molar-refractivity contribution in [1.82, 2.24) is 0 Å². The highest BCUT2D eigenvalue weighted by Crippen LogP contribution is 2.29. The third-order valence-electron chi connectivity index (χ3n) is 1.97. The summed E-state index contributed by atoms with van der Waals surface area (Å²) >= 11 is 0.